The van der Waals surface area contributed by atoms with Crippen LogP contribution in [0.4, 0.5) is 35.1 Å². The van der Waals surface area contributed by atoms with E-state index in [1.165, 1.54) is 0 Å². The lowest BCUT2D eigenvalue weighted by Gasteiger charge is -2.43. The predicted octanol–water partition coefficient (Wildman–Crippen LogP) is 2.01. The van der Waals surface area contributed by atoms with Crippen LogP contribution in [-0.4, -0.2) is 45.3 Å². The molecule has 0 aromatic heterocycles. The zero-order valence-electron chi connectivity index (χ0n) is 8.73. The van der Waals surface area contributed by atoms with Gasteiger partial charge in [-0.3, -0.25) is 0 Å². The monoisotopic (exact) mass is 314 g/mol. The van der Waals surface area contributed by atoms with Gasteiger partial charge in [-0.2, -0.15) is 17.6 Å². The van der Waals surface area contributed by atoms with Gasteiger partial charge < -0.3 is 10.2 Å². The average molecular weight is 314 g/mol. The van der Waals surface area contributed by atoms with Gasteiger partial charge in [-0.05, 0) is 0 Å². The van der Waals surface area contributed by atoms with Gasteiger partial charge in [0.05, 0.1) is 0 Å². The van der Waals surface area contributed by atoms with Crippen LogP contribution in [0.5, 0.6) is 0 Å². The van der Waals surface area contributed by atoms with Crippen molar-refractivity contribution in [3.63, 3.8) is 0 Å². The Balaban J connectivity index is 3.98. The molecule has 20 heavy (non-hydrogen) atoms. The standard InChI is InChI=1S/C8H2F8O4/c9-1-2(10)7(13,14)8(15,16)6(12,4(19)20)5(1,11)3(17)18/h(H,17,18)(H,19,20). The summed E-state index contributed by atoms with van der Waals surface area (Å²) in [6.45, 7) is 0. The Morgan fingerprint density at radius 1 is 0.800 bits per heavy atom. The van der Waals surface area contributed by atoms with Crippen molar-refractivity contribution in [2.24, 2.45) is 0 Å². The molecule has 0 bridgehead atoms. The van der Waals surface area contributed by atoms with Crippen LogP contribution in [0.15, 0.2) is 11.7 Å². The van der Waals surface area contributed by atoms with Gasteiger partial charge >= 0.3 is 35.1 Å². The molecule has 2 atom stereocenters. The second-order valence-electron chi connectivity index (χ2n) is 3.70. The molecule has 1 aliphatic carbocycles. The summed E-state index contributed by atoms with van der Waals surface area (Å²) in [7, 11) is 0. The number of carboxylic acids is 2. The summed E-state index contributed by atoms with van der Waals surface area (Å²) in [5.74, 6) is -28.1. The normalized spacial score (nSPS) is 35.8. The third-order valence-electron chi connectivity index (χ3n) is 2.66. The molecule has 0 radical (unpaired) electrons. The average Bonchev–Trinajstić information content (AvgIpc) is 2.32. The number of carbonyl (C=O) groups is 2. The minimum atomic E-state index is -6.71. The molecule has 0 spiro atoms. The van der Waals surface area contributed by atoms with Crippen LogP contribution in [0.1, 0.15) is 0 Å². The number of aliphatic carboxylic acids is 2. The highest BCUT2D eigenvalue weighted by atomic mass is 19.3. The molecule has 0 fully saturated rings. The topological polar surface area (TPSA) is 74.6 Å². The number of carboxylic acid groups (broad SMARTS) is 2. The van der Waals surface area contributed by atoms with Crippen LogP contribution in [0.25, 0.3) is 0 Å². The van der Waals surface area contributed by atoms with Crippen molar-refractivity contribution in [1.82, 2.24) is 0 Å². The molecule has 0 saturated heterocycles. The molecular formula is C8H2F8O4. The second-order valence-corrected chi connectivity index (χ2v) is 3.70. The maximum Gasteiger partial charge on any atom is 0.367 e. The van der Waals surface area contributed by atoms with Gasteiger partial charge in [0.2, 0.25) is 5.83 Å². The van der Waals surface area contributed by atoms with Gasteiger partial charge in [-0.1, -0.05) is 0 Å². The Kier molecular flexibility index (Phi) is 3.09. The summed E-state index contributed by atoms with van der Waals surface area (Å²) in [6.07, 6.45) is 0. The van der Waals surface area contributed by atoms with Crippen LogP contribution in [0, 0.1) is 0 Å². The Hall–Kier alpha value is -1.88. The maximum atomic E-state index is 13.7. The Labute approximate surface area is 103 Å². The van der Waals surface area contributed by atoms with Crippen molar-refractivity contribution < 1.29 is 54.9 Å². The number of halogens is 8. The van der Waals surface area contributed by atoms with Crippen LogP contribution in [0.3, 0.4) is 0 Å². The first-order chi connectivity index (χ1) is 8.70. The molecule has 1 rings (SSSR count). The minimum Gasteiger partial charge on any atom is -0.479 e. The third-order valence-corrected chi connectivity index (χ3v) is 2.66. The summed E-state index contributed by atoms with van der Waals surface area (Å²) in [5.41, 5.74) is -12.1. The summed E-state index contributed by atoms with van der Waals surface area (Å²) < 4.78 is 105. The van der Waals surface area contributed by atoms with Gasteiger partial charge in [0.25, 0.3) is 0 Å². The Morgan fingerprint density at radius 2 is 1.20 bits per heavy atom. The highest BCUT2D eigenvalue weighted by Crippen LogP contribution is 2.61. The van der Waals surface area contributed by atoms with Gasteiger partial charge in [-0.25, -0.2) is 27.2 Å². The first-order valence-electron chi connectivity index (χ1n) is 4.37. The van der Waals surface area contributed by atoms with E-state index >= 15 is 0 Å². The lowest BCUT2D eigenvalue weighted by atomic mass is 9.72. The van der Waals surface area contributed by atoms with Gasteiger partial charge in [0.15, 0.2) is 5.83 Å². The molecular weight excluding hydrogens is 312 g/mol. The van der Waals surface area contributed by atoms with E-state index in [1.807, 2.05) is 0 Å². The number of hydrogen-bond donors (Lipinski definition) is 2. The SMILES string of the molecule is O=C(O)C1(F)C(F)=C(F)C(F)(F)C(F)(F)C1(F)C(=O)O. The molecule has 0 amide bonds. The fourth-order valence-electron chi connectivity index (χ4n) is 1.53. The van der Waals surface area contributed by atoms with E-state index in [9.17, 15) is 44.7 Å². The van der Waals surface area contributed by atoms with Crippen molar-refractivity contribution in [2.75, 3.05) is 0 Å². The molecule has 2 unspecified atom stereocenters. The third kappa shape index (κ3) is 1.31. The van der Waals surface area contributed by atoms with E-state index < -0.39 is 46.8 Å². The quantitative estimate of drug-likeness (QED) is 0.765. The van der Waals surface area contributed by atoms with E-state index in [0.29, 0.717) is 0 Å². The fourth-order valence-corrected chi connectivity index (χ4v) is 1.53. The summed E-state index contributed by atoms with van der Waals surface area (Å²) in [5, 5.41) is 16.3. The van der Waals surface area contributed by atoms with Crippen LogP contribution in [0.2, 0.25) is 0 Å². The highest BCUT2D eigenvalue weighted by Gasteiger charge is 2.90. The number of rotatable bonds is 2. The van der Waals surface area contributed by atoms with Crippen LogP contribution in [-0.2, 0) is 9.59 Å². The molecule has 2 N–H and O–H groups in total. The van der Waals surface area contributed by atoms with Crippen molar-refractivity contribution in [3.8, 4) is 0 Å². The van der Waals surface area contributed by atoms with Crippen molar-refractivity contribution in [3.05, 3.63) is 11.7 Å². The lowest BCUT2D eigenvalue weighted by Crippen LogP contribution is -2.75. The molecule has 114 valence electrons. The molecule has 12 heteroatoms. The van der Waals surface area contributed by atoms with E-state index in [4.69, 9.17) is 10.2 Å². The molecule has 4 nitrogen and oxygen atoms in total. The van der Waals surface area contributed by atoms with Crippen molar-refractivity contribution in [2.45, 2.75) is 23.2 Å². The first-order valence-corrected chi connectivity index (χ1v) is 4.37. The van der Waals surface area contributed by atoms with E-state index in [0.717, 1.165) is 0 Å². The predicted molar refractivity (Wildman–Crippen MR) is 42.1 cm³/mol. The number of allylic oxidation sites excluding steroid dienone is 1. The molecule has 1 aliphatic rings. The summed E-state index contributed by atoms with van der Waals surface area (Å²) in [4.78, 5) is 20.7. The first kappa shape index (κ1) is 16.2. The molecule has 0 aromatic rings. The largest absolute Gasteiger partial charge is 0.479 e. The number of hydrogen-bond acceptors (Lipinski definition) is 2. The molecule has 0 aromatic carbocycles. The molecule has 0 aliphatic heterocycles. The van der Waals surface area contributed by atoms with Gasteiger partial charge in [-0.15, -0.1) is 0 Å². The van der Waals surface area contributed by atoms with Crippen molar-refractivity contribution >= 4 is 11.9 Å². The lowest BCUT2D eigenvalue weighted by molar-refractivity contribution is -0.296. The van der Waals surface area contributed by atoms with E-state index in [-0.39, 0.29) is 0 Å². The Morgan fingerprint density at radius 3 is 1.50 bits per heavy atom. The second kappa shape index (κ2) is 3.82. The fraction of sp³-hybridized carbons (Fsp3) is 0.500. The summed E-state index contributed by atoms with van der Waals surface area (Å²) >= 11 is 0. The maximum absolute atomic E-state index is 13.7. The highest BCUT2D eigenvalue weighted by molar-refractivity contribution is 5.95. The van der Waals surface area contributed by atoms with Crippen molar-refractivity contribution in [1.29, 1.82) is 0 Å². The van der Waals surface area contributed by atoms with E-state index in [1.54, 1.807) is 0 Å². The minimum absolute atomic E-state index is 3.55. The molecule has 0 saturated carbocycles. The zero-order chi connectivity index (χ0) is 16.3. The van der Waals surface area contributed by atoms with Gasteiger partial charge in [0, 0.05) is 0 Å². The summed E-state index contributed by atoms with van der Waals surface area (Å²) in [6, 6.07) is 0. The number of alkyl halides is 6. The van der Waals surface area contributed by atoms with E-state index in [2.05, 4.69) is 0 Å². The Bertz CT molecular complexity index is 529. The van der Waals surface area contributed by atoms with Crippen LogP contribution >= 0.6 is 0 Å². The molecule has 0 heterocycles. The zero-order valence-corrected chi connectivity index (χ0v) is 8.73. The van der Waals surface area contributed by atoms with Crippen LogP contribution < -0.4 is 0 Å². The van der Waals surface area contributed by atoms with Gasteiger partial charge in [0.1, 0.15) is 0 Å². The smallest absolute Gasteiger partial charge is 0.367 e.